The number of pyridine rings is 1. The predicted molar refractivity (Wildman–Crippen MR) is 73.3 cm³/mol. The van der Waals surface area contributed by atoms with Crippen LogP contribution in [0.25, 0.3) is 11.6 Å². The summed E-state index contributed by atoms with van der Waals surface area (Å²) in [4.78, 5) is 8.42. The summed E-state index contributed by atoms with van der Waals surface area (Å²) >= 11 is 1.80. The Labute approximate surface area is 116 Å². The Bertz CT molecular complexity index is 573. The van der Waals surface area contributed by atoms with E-state index in [1.54, 1.807) is 23.9 Å². The maximum absolute atomic E-state index is 8.70. The predicted octanol–water partition coefficient (Wildman–Crippen LogP) is 3.03. The average Bonchev–Trinajstić information content (AvgIpc) is 2.93. The minimum absolute atomic E-state index is 0.393. The largest absolute Gasteiger partial charge is 0.332 e. The Morgan fingerprint density at radius 2 is 2.32 bits per heavy atom. The fourth-order valence-electron chi connectivity index (χ4n) is 1.34. The molecule has 2 aromatic rings. The molecule has 1 atom stereocenters. The van der Waals surface area contributed by atoms with Crippen molar-refractivity contribution in [2.75, 3.05) is 0 Å². The molecule has 0 saturated carbocycles. The van der Waals surface area contributed by atoms with Gasteiger partial charge in [-0.15, -0.1) is 0 Å². The van der Waals surface area contributed by atoms with Crippen LogP contribution in [0, 0.1) is 11.3 Å². The molecule has 19 heavy (non-hydrogen) atoms. The molecular weight excluding hydrogens is 260 g/mol. The van der Waals surface area contributed by atoms with Crippen LogP contribution < -0.4 is 0 Å². The number of nitrogens with zero attached hydrogens (tertiary/aromatic N) is 4. The smallest absolute Gasteiger partial charge is 0.276 e. The number of thioether (sulfide) groups is 1. The van der Waals surface area contributed by atoms with Crippen molar-refractivity contribution in [3.8, 4) is 17.7 Å². The molecule has 98 valence electrons. The summed E-state index contributed by atoms with van der Waals surface area (Å²) in [6, 6.07) is 5.40. The van der Waals surface area contributed by atoms with Gasteiger partial charge in [-0.2, -0.15) is 22.0 Å². The normalized spacial score (nSPS) is 12.1. The summed E-state index contributed by atoms with van der Waals surface area (Å²) in [6.07, 6.45) is 2.61. The molecule has 2 heterocycles. The van der Waals surface area contributed by atoms with Crippen molar-refractivity contribution in [1.29, 1.82) is 5.26 Å². The van der Waals surface area contributed by atoms with Gasteiger partial charge in [0.1, 0.15) is 11.8 Å². The van der Waals surface area contributed by atoms with Crippen molar-refractivity contribution in [3.63, 3.8) is 0 Å². The van der Waals surface area contributed by atoms with Gasteiger partial charge in [-0.1, -0.05) is 19.0 Å². The Hall–Kier alpha value is -1.87. The standard InChI is InChI=1S/C13H14N4OS/c1-3-9(2)19-8-12-16-13(18-17-12)11-5-4-10(6-14)7-15-11/h4-5,7,9H,3,8H2,1-2H3. The highest BCUT2D eigenvalue weighted by Gasteiger charge is 2.11. The summed E-state index contributed by atoms with van der Waals surface area (Å²) in [7, 11) is 0. The first-order valence-electron chi connectivity index (χ1n) is 6.03. The lowest BCUT2D eigenvalue weighted by atomic mass is 10.3. The van der Waals surface area contributed by atoms with Gasteiger partial charge in [0.05, 0.1) is 11.3 Å². The van der Waals surface area contributed by atoms with Gasteiger partial charge < -0.3 is 4.52 Å². The van der Waals surface area contributed by atoms with E-state index < -0.39 is 0 Å². The van der Waals surface area contributed by atoms with Gasteiger partial charge in [-0.3, -0.25) is 0 Å². The van der Waals surface area contributed by atoms with Crippen molar-refractivity contribution in [2.24, 2.45) is 0 Å². The fourth-order valence-corrected chi connectivity index (χ4v) is 2.12. The Balaban J connectivity index is 2.05. The SMILES string of the molecule is CCC(C)SCc1noc(-c2ccc(C#N)cn2)n1. The number of hydrogen-bond donors (Lipinski definition) is 0. The zero-order valence-corrected chi connectivity index (χ0v) is 11.6. The van der Waals surface area contributed by atoms with Crippen LogP contribution in [0.15, 0.2) is 22.9 Å². The highest BCUT2D eigenvalue weighted by atomic mass is 32.2. The topological polar surface area (TPSA) is 75.6 Å². The minimum Gasteiger partial charge on any atom is -0.332 e. The lowest BCUT2D eigenvalue weighted by molar-refractivity contribution is 0.424. The maximum atomic E-state index is 8.70. The van der Waals surface area contributed by atoms with E-state index in [1.165, 1.54) is 6.20 Å². The number of nitriles is 1. The third-order valence-electron chi connectivity index (χ3n) is 2.65. The molecule has 5 nitrogen and oxygen atoms in total. The Morgan fingerprint density at radius 3 is 2.95 bits per heavy atom. The molecule has 2 aromatic heterocycles. The molecule has 0 bridgehead atoms. The van der Waals surface area contributed by atoms with E-state index in [0.717, 1.165) is 12.2 Å². The second-order valence-electron chi connectivity index (χ2n) is 4.09. The number of aromatic nitrogens is 3. The Kier molecular flexibility index (Phi) is 4.53. The molecule has 0 N–H and O–H groups in total. The minimum atomic E-state index is 0.393. The number of hydrogen-bond acceptors (Lipinski definition) is 6. The lowest BCUT2D eigenvalue weighted by Gasteiger charge is -2.04. The molecule has 0 fully saturated rings. The maximum Gasteiger partial charge on any atom is 0.276 e. The first kappa shape index (κ1) is 13.6. The van der Waals surface area contributed by atoms with Gasteiger partial charge in [0.2, 0.25) is 0 Å². The van der Waals surface area contributed by atoms with Crippen LogP contribution in [-0.2, 0) is 5.75 Å². The summed E-state index contributed by atoms with van der Waals surface area (Å²) in [5, 5.41) is 13.2. The molecule has 0 aromatic carbocycles. The van der Waals surface area contributed by atoms with E-state index in [9.17, 15) is 0 Å². The molecule has 0 spiro atoms. The average molecular weight is 274 g/mol. The summed E-state index contributed by atoms with van der Waals surface area (Å²) < 4.78 is 5.17. The fraction of sp³-hybridized carbons (Fsp3) is 0.385. The van der Waals surface area contributed by atoms with Crippen LogP contribution in [0.2, 0.25) is 0 Å². The lowest BCUT2D eigenvalue weighted by Crippen LogP contribution is -1.94. The molecule has 2 rings (SSSR count). The molecule has 6 heteroatoms. The molecule has 0 radical (unpaired) electrons. The van der Waals surface area contributed by atoms with Crippen LogP contribution in [-0.4, -0.2) is 20.4 Å². The molecule has 0 saturated heterocycles. The summed E-state index contributed by atoms with van der Waals surface area (Å²) in [6.45, 7) is 4.33. The van der Waals surface area contributed by atoms with Crippen molar-refractivity contribution in [1.82, 2.24) is 15.1 Å². The van der Waals surface area contributed by atoms with Gasteiger partial charge in [-0.25, -0.2) is 4.98 Å². The monoisotopic (exact) mass is 274 g/mol. The summed E-state index contributed by atoms with van der Waals surface area (Å²) in [5.74, 6) is 1.80. The van der Waals surface area contributed by atoms with E-state index in [4.69, 9.17) is 9.78 Å². The molecule has 0 aliphatic carbocycles. The van der Waals surface area contributed by atoms with Gasteiger partial charge in [0, 0.05) is 11.4 Å². The van der Waals surface area contributed by atoms with Gasteiger partial charge in [0.25, 0.3) is 5.89 Å². The van der Waals surface area contributed by atoms with Crippen molar-refractivity contribution < 1.29 is 4.52 Å². The van der Waals surface area contributed by atoms with Gasteiger partial charge in [0.15, 0.2) is 5.82 Å². The first-order chi connectivity index (χ1) is 9.22. The molecule has 0 aliphatic heterocycles. The second kappa shape index (κ2) is 6.34. The highest BCUT2D eigenvalue weighted by molar-refractivity contribution is 7.99. The third-order valence-corrected chi connectivity index (χ3v) is 3.98. The van der Waals surface area contributed by atoms with Crippen molar-refractivity contribution in [2.45, 2.75) is 31.3 Å². The van der Waals surface area contributed by atoms with Gasteiger partial charge in [-0.05, 0) is 18.6 Å². The van der Waals surface area contributed by atoms with Crippen LogP contribution in [0.4, 0.5) is 0 Å². The van der Waals surface area contributed by atoms with Crippen molar-refractivity contribution in [3.05, 3.63) is 29.7 Å². The van der Waals surface area contributed by atoms with Crippen LogP contribution in [0.1, 0.15) is 31.7 Å². The van der Waals surface area contributed by atoms with E-state index >= 15 is 0 Å². The first-order valence-corrected chi connectivity index (χ1v) is 7.08. The third kappa shape index (κ3) is 3.55. The van der Waals surface area contributed by atoms with Gasteiger partial charge >= 0.3 is 0 Å². The van der Waals surface area contributed by atoms with Crippen LogP contribution >= 0.6 is 11.8 Å². The zero-order chi connectivity index (χ0) is 13.7. The van der Waals surface area contributed by atoms with E-state index in [0.29, 0.717) is 28.2 Å². The molecular formula is C13H14N4OS. The van der Waals surface area contributed by atoms with E-state index in [-0.39, 0.29) is 0 Å². The summed E-state index contributed by atoms with van der Waals surface area (Å²) in [5.41, 5.74) is 1.10. The second-order valence-corrected chi connectivity index (χ2v) is 5.52. The quantitative estimate of drug-likeness (QED) is 0.834. The van der Waals surface area contributed by atoms with Crippen LogP contribution in [0.5, 0.6) is 0 Å². The number of rotatable bonds is 5. The van der Waals surface area contributed by atoms with Crippen LogP contribution in [0.3, 0.4) is 0 Å². The molecule has 0 amide bonds. The van der Waals surface area contributed by atoms with E-state index in [2.05, 4.69) is 29.0 Å². The molecule has 1 unspecified atom stereocenters. The zero-order valence-electron chi connectivity index (χ0n) is 10.8. The Morgan fingerprint density at radius 1 is 1.47 bits per heavy atom. The van der Waals surface area contributed by atoms with Crippen molar-refractivity contribution >= 4 is 11.8 Å². The highest BCUT2D eigenvalue weighted by Crippen LogP contribution is 2.20. The molecule has 0 aliphatic rings. The van der Waals surface area contributed by atoms with E-state index in [1.807, 2.05) is 6.07 Å².